The van der Waals surface area contributed by atoms with Gasteiger partial charge in [-0.1, -0.05) is 36.4 Å². The van der Waals surface area contributed by atoms with Crippen LogP contribution in [0.25, 0.3) is 0 Å². The minimum absolute atomic E-state index is 0.422. The van der Waals surface area contributed by atoms with E-state index >= 15 is 0 Å². The summed E-state index contributed by atoms with van der Waals surface area (Å²) < 4.78 is 0. The molecular formula is C13H20N2. The SMILES string of the molecule is C=CCNCC(c1ccccc1)N(C)C. The minimum Gasteiger partial charge on any atom is -0.311 e. The number of hydrogen-bond acceptors (Lipinski definition) is 2. The number of likely N-dealkylation sites (N-methyl/N-ethyl adjacent to an activating group) is 1. The van der Waals surface area contributed by atoms with Gasteiger partial charge in [0.1, 0.15) is 0 Å². The van der Waals surface area contributed by atoms with Crippen LogP contribution in [0.5, 0.6) is 0 Å². The Balaban J connectivity index is 2.62. The third-order valence-electron chi connectivity index (χ3n) is 2.43. The number of nitrogens with zero attached hydrogens (tertiary/aromatic N) is 1. The second kappa shape index (κ2) is 6.38. The lowest BCUT2D eigenvalue weighted by Crippen LogP contribution is -2.31. The molecular weight excluding hydrogens is 184 g/mol. The van der Waals surface area contributed by atoms with E-state index in [0.717, 1.165) is 13.1 Å². The molecule has 0 spiro atoms. The molecule has 1 aromatic rings. The molecule has 2 heteroatoms. The van der Waals surface area contributed by atoms with Crippen LogP contribution in [0.4, 0.5) is 0 Å². The van der Waals surface area contributed by atoms with Gasteiger partial charge in [-0.3, -0.25) is 0 Å². The second-order valence-corrected chi connectivity index (χ2v) is 3.84. The predicted molar refractivity (Wildman–Crippen MR) is 65.9 cm³/mol. The van der Waals surface area contributed by atoms with Crippen molar-refractivity contribution in [3.63, 3.8) is 0 Å². The van der Waals surface area contributed by atoms with Crippen LogP contribution in [0.3, 0.4) is 0 Å². The van der Waals surface area contributed by atoms with Crippen LogP contribution in [0.2, 0.25) is 0 Å². The molecule has 0 radical (unpaired) electrons. The molecule has 82 valence electrons. The molecule has 15 heavy (non-hydrogen) atoms. The van der Waals surface area contributed by atoms with Gasteiger partial charge in [-0.15, -0.1) is 6.58 Å². The molecule has 0 aliphatic carbocycles. The fourth-order valence-electron chi connectivity index (χ4n) is 1.60. The van der Waals surface area contributed by atoms with Crippen molar-refractivity contribution in [3.05, 3.63) is 48.6 Å². The fourth-order valence-corrected chi connectivity index (χ4v) is 1.60. The van der Waals surface area contributed by atoms with Crippen molar-refractivity contribution in [2.45, 2.75) is 6.04 Å². The van der Waals surface area contributed by atoms with Crippen molar-refractivity contribution in [1.29, 1.82) is 0 Å². The zero-order chi connectivity index (χ0) is 11.1. The standard InChI is InChI=1S/C13H20N2/c1-4-10-14-11-13(15(2)3)12-8-6-5-7-9-12/h4-9,13-14H,1,10-11H2,2-3H3. The molecule has 0 saturated carbocycles. The van der Waals surface area contributed by atoms with Crippen LogP contribution < -0.4 is 5.32 Å². The molecule has 0 bridgehead atoms. The first-order valence-electron chi connectivity index (χ1n) is 5.28. The molecule has 1 N–H and O–H groups in total. The molecule has 0 fully saturated rings. The zero-order valence-electron chi connectivity index (χ0n) is 9.61. The molecule has 0 heterocycles. The van der Waals surface area contributed by atoms with E-state index in [1.165, 1.54) is 5.56 Å². The Kier molecular flexibility index (Phi) is 5.08. The minimum atomic E-state index is 0.422. The van der Waals surface area contributed by atoms with Gasteiger partial charge in [-0.25, -0.2) is 0 Å². The highest BCUT2D eigenvalue weighted by atomic mass is 15.1. The van der Waals surface area contributed by atoms with Crippen LogP contribution in [-0.4, -0.2) is 32.1 Å². The van der Waals surface area contributed by atoms with Gasteiger partial charge >= 0.3 is 0 Å². The van der Waals surface area contributed by atoms with E-state index in [2.05, 4.69) is 55.2 Å². The van der Waals surface area contributed by atoms with Crippen molar-refractivity contribution in [1.82, 2.24) is 10.2 Å². The lowest BCUT2D eigenvalue weighted by Gasteiger charge is -2.24. The Morgan fingerprint density at radius 1 is 1.33 bits per heavy atom. The van der Waals surface area contributed by atoms with Crippen molar-refractivity contribution < 1.29 is 0 Å². The van der Waals surface area contributed by atoms with E-state index < -0.39 is 0 Å². The highest BCUT2D eigenvalue weighted by Gasteiger charge is 2.12. The maximum atomic E-state index is 3.70. The molecule has 0 aliphatic heterocycles. The summed E-state index contributed by atoms with van der Waals surface area (Å²) in [4.78, 5) is 2.23. The Bertz CT molecular complexity index is 280. The van der Waals surface area contributed by atoms with Crippen LogP contribution >= 0.6 is 0 Å². The van der Waals surface area contributed by atoms with Gasteiger partial charge < -0.3 is 10.2 Å². The Labute approximate surface area is 92.6 Å². The lowest BCUT2D eigenvalue weighted by molar-refractivity contribution is 0.291. The van der Waals surface area contributed by atoms with Gasteiger partial charge in [-0.05, 0) is 19.7 Å². The number of hydrogen-bond donors (Lipinski definition) is 1. The molecule has 1 rings (SSSR count). The molecule has 2 nitrogen and oxygen atoms in total. The molecule has 0 amide bonds. The van der Waals surface area contributed by atoms with Gasteiger partial charge in [0.15, 0.2) is 0 Å². The van der Waals surface area contributed by atoms with E-state index in [4.69, 9.17) is 0 Å². The van der Waals surface area contributed by atoms with Crippen molar-refractivity contribution in [3.8, 4) is 0 Å². The third-order valence-corrected chi connectivity index (χ3v) is 2.43. The molecule has 1 aromatic carbocycles. The van der Waals surface area contributed by atoms with E-state index in [1.54, 1.807) is 0 Å². The summed E-state index contributed by atoms with van der Waals surface area (Å²) in [6.07, 6.45) is 1.89. The summed E-state index contributed by atoms with van der Waals surface area (Å²) in [6, 6.07) is 11.0. The van der Waals surface area contributed by atoms with Crippen LogP contribution in [0.1, 0.15) is 11.6 Å². The summed E-state index contributed by atoms with van der Waals surface area (Å²) in [5, 5.41) is 3.36. The first kappa shape index (κ1) is 12.0. The summed E-state index contributed by atoms with van der Waals surface area (Å²) in [6.45, 7) is 5.50. The average molecular weight is 204 g/mol. The Hall–Kier alpha value is -1.12. The molecule has 1 atom stereocenters. The maximum Gasteiger partial charge on any atom is 0.0466 e. The third kappa shape index (κ3) is 3.86. The van der Waals surface area contributed by atoms with Crippen molar-refractivity contribution >= 4 is 0 Å². The molecule has 0 aliphatic rings. The zero-order valence-corrected chi connectivity index (χ0v) is 9.61. The van der Waals surface area contributed by atoms with Crippen molar-refractivity contribution in [2.24, 2.45) is 0 Å². The largest absolute Gasteiger partial charge is 0.311 e. The summed E-state index contributed by atoms with van der Waals surface area (Å²) in [5.41, 5.74) is 1.35. The van der Waals surface area contributed by atoms with Gasteiger partial charge in [0.2, 0.25) is 0 Å². The molecule has 0 saturated heterocycles. The Morgan fingerprint density at radius 3 is 2.53 bits per heavy atom. The molecule has 1 unspecified atom stereocenters. The Morgan fingerprint density at radius 2 is 2.00 bits per heavy atom. The number of benzene rings is 1. The fraction of sp³-hybridized carbons (Fsp3) is 0.385. The predicted octanol–water partition coefficient (Wildman–Crippen LogP) is 2.06. The monoisotopic (exact) mass is 204 g/mol. The van der Waals surface area contributed by atoms with Gasteiger partial charge in [-0.2, -0.15) is 0 Å². The summed E-state index contributed by atoms with van der Waals surface area (Å²) >= 11 is 0. The normalized spacial score (nSPS) is 12.7. The molecule has 0 aromatic heterocycles. The average Bonchev–Trinajstić information content (AvgIpc) is 2.25. The highest BCUT2D eigenvalue weighted by molar-refractivity contribution is 5.19. The van der Waals surface area contributed by atoms with E-state index in [1.807, 2.05) is 12.1 Å². The van der Waals surface area contributed by atoms with E-state index in [9.17, 15) is 0 Å². The van der Waals surface area contributed by atoms with Crippen LogP contribution in [0.15, 0.2) is 43.0 Å². The van der Waals surface area contributed by atoms with Crippen molar-refractivity contribution in [2.75, 3.05) is 27.2 Å². The van der Waals surface area contributed by atoms with Crippen LogP contribution in [-0.2, 0) is 0 Å². The number of rotatable bonds is 6. The maximum absolute atomic E-state index is 3.70. The quantitative estimate of drug-likeness (QED) is 0.563. The lowest BCUT2D eigenvalue weighted by atomic mass is 10.1. The van der Waals surface area contributed by atoms with E-state index in [-0.39, 0.29) is 0 Å². The highest BCUT2D eigenvalue weighted by Crippen LogP contribution is 2.16. The summed E-state index contributed by atoms with van der Waals surface area (Å²) in [5.74, 6) is 0. The number of nitrogens with one attached hydrogen (secondary N) is 1. The second-order valence-electron chi connectivity index (χ2n) is 3.84. The first-order chi connectivity index (χ1) is 7.25. The van der Waals surface area contributed by atoms with Gasteiger partial charge in [0.05, 0.1) is 0 Å². The summed E-state index contributed by atoms with van der Waals surface area (Å²) in [7, 11) is 4.21. The smallest absolute Gasteiger partial charge is 0.0466 e. The first-order valence-corrected chi connectivity index (χ1v) is 5.28. The van der Waals surface area contributed by atoms with Crippen LogP contribution in [0, 0.1) is 0 Å². The van der Waals surface area contributed by atoms with Gasteiger partial charge in [0.25, 0.3) is 0 Å². The van der Waals surface area contributed by atoms with Gasteiger partial charge in [0, 0.05) is 19.1 Å². The van der Waals surface area contributed by atoms with E-state index in [0.29, 0.717) is 6.04 Å². The topological polar surface area (TPSA) is 15.3 Å².